The van der Waals surface area contributed by atoms with Crippen molar-refractivity contribution in [2.75, 3.05) is 44.2 Å². The number of nitrogens with zero attached hydrogens (tertiary/aromatic N) is 3. The van der Waals surface area contributed by atoms with Gasteiger partial charge in [0.2, 0.25) is 5.91 Å². The van der Waals surface area contributed by atoms with Crippen molar-refractivity contribution in [2.45, 2.75) is 19.3 Å². The van der Waals surface area contributed by atoms with E-state index in [1.165, 1.54) is 6.42 Å². The molecule has 1 aromatic rings. The minimum atomic E-state index is 0. The summed E-state index contributed by atoms with van der Waals surface area (Å²) in [5.41, 5.74) is 0. The number of nitrogens with one attached hydrogen (secondary N) is 1. The largest absolute Gasteiger partial charge is 0.353 e. The van der Waals surface area contributed by atoms with E-state index in [4.69, 9.17) is 11.6 Å². The van der Waals surface area contributed by atoms with Gasteiger partial charge in [-0.3, -0.25) is 4.79 Å². The summed E-state index contributed by atoms with van der Waals surface area (Å²) in [5, 5.41) is 4.01. The lowest BCUT2D eigenvalue weighted by Crippen LogP contribution is -2.49. The number of rotatable bonds is 4. The van der Waals surface area contributed by atoms with Gasteiger partial charge in [-0.25, -0.2) is 4.98 Å². The van der Waals surface area contributed by atoms with Crippen LogP contribution in [-0.4, -0.2) is 55.1 Å². The van der Waals surface area contributed by atoms with E-state index >= 15 is 0 Å². The number of halogens is 3. The molecule has 2 aliphatic heterocycles. The van der Waals surface area contributed by atoms with Gasteiger partial charge in [-0.2, -0.15) is 0 Å². The number of piperazine rings is 1. The maximum Gasteiger partial charge on any atom is 0.222 e. The Morgan fingerprint density at radius 1 is 1.25 bits per heavy atom. The summed E-state index contributed by atoms with van der Waals surface area (Å²) in [6.07, 6.45) is 4.59. The van der Waals surface area contributed by atoms with Crippen molar-refractivity contribution in [1.82, 2.24) is 15.2 Å². The molecule has 3 rings (SSSR count). The molecule has 1 amide bonds. The fourth-order valence-corrected chi connectivity index (χ4v) is 3.30. The van der Waals surface area contributed by atoms with Gasteiger partial charge in [-0.05, 0) is 44.0 Å². The minimum Gasteiger partial charge on any atom is -0.353 e. The number of carbonyl (C=O) groups excluding carboxylic acids is 1. The van der Waals surface area contributed by atoms with Crippen molar-refractivity contribution < 1.29 is 4.79 Å². The third kappa shape index (κ3) is 5.66. The summed E-state index contributed by atoms with van der Waals surface area (Å²) >= 11 is 5.87. The molecule has 1 atom stereocenters. The van der Waals surface area contributed by atoms with Crippen molar-refractivity contribution in [3.63, 3.8) is 0 Å². The molecule has 136 valence electrons. The molecule has 0 spiro atoms. The van der Waals surface area contributed by atoms with Crippen LogP contribution in [-0.2, 0) is 4.79 Å². The van der Waals surface area contributed by atoms with Gasteiger partial charge in [0.05, 0.1) is 5.02 Å². The summed E-state index contributed by atoms with van der Waals surface area (Å²) < 4.78 is 0. The molecule has 0 bridgehead atoms. The fraction of sp³-hybridized carbons (Fsp3) is 0.625. The van der Waals surface area contributed by atoms with Crippen molar-refractivity contribution in [1.29, 1.82) is 0 Å². The molecular weight excluding hydrogens is 371 g/mol. The van der Waals surface area contributed by atoms with Gasteiger partial charge < -0.3 is 15.1 Å². The molecule has 8 heteroatoms. The zero-order valence-electron chi connectivity index (χ0n) is 13.6. The van der Waals surface area contributed by atoms with E-state index < -0.39 is 0 Å². The average Bonchev–Trinajstić information content (AvgIpc) is 3.07. The van der Waals surface area contributed by atoms with Crippen LogP contribution in [0.25, 0.3) is 0 Å². The monoisotopic (exact) mass is 394 g/mol. The number of carbonyl (C=O) groups is 1. The third-order valence-corrected chi connectivity index (χ3v) is 4.82. The fourth-order valence-electron chi connectivity index (χ4n) is 3.19. The number of pyridine rings is 1. The zero-order valence-corrected chi connectivity index (χ0v) is 16.0. The SMILES string of the molecule is Cl.Cl.O=C(CCC1CCNC1)N1CCN(c2ccc(Cl)cn2)CC1. The van der Waals surface area contributed by atoms with E-state index in [0.29, 0.717) is 23.3 Å². The first-order valence-corrected chi connectivity index (χ1v) is 8.45. The quantitative estimate of drug-likeness (QED) is 0.851. The second-order valence-electron chi connectivity index (χ2n) is 6.10. The third-order valence-electron chi connectivity index (χ3n) is 4.60. The van der Waals surface area contributed by atoms with E-state index in [0.717, 1.165) is 51.5 Å². The first-order chi connectivity index (χ1) is 10.7. The predicted octanol–water partition coefficient (Wildman–Crippen LogP) is 2.62. The molecule has 1 aromatic heterocycles. The molecule has 2 fully saturated rings. The molecule has 0 saturated carbocycles. The Hall–Kier alpha value is -0.750. The van der Waals surface area contributed by atoms with Crippen LogP contribution >= 0.6 is 36.4 Å². The molecule has 2 saturated heterocycles. The molecule has 0 radical (unpaired) electrons. The maximum atomic E-state index is 12.3. The Bertz CT molecular complexity index is 501. The average molecular weight is 396 g/mol. The van der Waals surface area contributed by atoms with Crippen LogP contribution in [0.2, 0.25) is 5.02 Å². The Kier molecular flexibility index (Phi) is 9.13. The van der Waals surface area contributed by atoms with Gasteiger partial charge in [0.15, 0.2) is 0 Å². The van der Waals surface area contributed by atoms with Crippen molar-refractivity contribution in [3.8, 4) is 0 Å². The molecule has 0 aromatic carbocycles. The molecule has 24 heavy (non-hydrogen) atoms. The highest BCUT2D eigenvalue weighted by atomic mass is 35.5. The maximum absolute atomic E-state index is 12.3. The van der Waals surface area contributed by atoms with Crippen molar-refractivity contribution in [3.05, 3.63) is 23.4 Å². The van der Waals surface area contributed by atoms with E-state index in [1.54, 1.807) is 6.20 Å². The number of hydrogen-bond acceptors (Lipinski definition) is 4. The minimum absolute atomic E-state index is 0. The van der Waals surface area contributed by atoms with Crippen LogP contribution < -0.4 is 10.2 Å². The lowest BCUT2D eigenvalue weighted by atomic mass is 10.0. The summed E-state index contributed by atoms with van der Waals surface area (Å²) in [4.78, 5) is 20.8. The van der Waals surface area contributed by atoms with E-state index in [2.05, 4.69) is 15.2 Å². The van der Waals surface area contributed by atoms with E-state index in [1.807, 2.05) is 17.0 Å². The van der Waals surface area contributed by atoms with Crippen LogP contribution in [0, 0.1) is 5.92 Å². The molecule has 1 N–H and O–H groups in total. The van der Waals surface area contributed by atoms with Gasteiger partial charge in [0.1, 0.15) is 5.82 Å². The lowest BCUT2D eigenvalue weighted by molar-refractivity contribution is -0.131. The topological polar surface area (TPSA) is 48.5 Å². The molecule has 5 nitrogen and oxygen atoms in total. The standard InChI is InChI=1S/C16H23ClN4O.2ClH/c17-14-2-3-15(19-12-14)20-7-9-21(10-8-20)16(22)4-1-13-5-6-18-11-13;;/h2-3,12-13,18H,1,4-11H2;2*1H. The van der Waals surface area contributed by atoms with Gasteiger partial charge in [0.25, 0.3) is 0 Å². The second-order valence-corrected chi connectivity index (χ2v) is 6.54. The summed E-state index contributed by atoms with van der Waals surface area (Å²) in [6.45, 7) is 5.42. The van der Waals surface area contributed by atoms with Crippen LogP contribution in [0.5, 0.6) is 0 Å². The highest BCUT2D eigenvalue weighted by Gasteiger charge is 2.23. The summed E-state index contributed by atoms with van der Waals surface area (Å²) in [5.74, 6) is 1.92. The number of hydrogen-bond donors (Lipinski definition) is 1. The normalized spacial score (nSPS) is 20.3. The number of anilines is 1. The van der Waals surface area contributed by atoms with E-state index in [9.17, 15) is 4.79 Å². The summed E-state index contributed by atoms with van der Waals surface area (Å²) in [7, 11) is 0. The Balaban J connectivity index is 0.00000144. The van der Waals surface area contributed by atoms with E-state index in [-0.39, 0.29) is 24.8 Å². The van der Waals surface area contributed by atoms with Gasteiger partial charge in [-0.1, -0.05) is 11.6 Å². The first-order valence-electron chi connectivity index (χ1n) is 8.07. The van der Waals surface area contributed by atoms with Gasteiger partial charge >= 0.3 is 0 Å². The highest BCUT2D eigenvalue weighted by molar-refractivity contribution is 6.30. The van der Waals surface area contributed by atoms with Crippen molar-refractivity contribution >= 4 is 48.1 Å². The number of aromatic nitrogens is 1. The summed E-state index contributed by atoms with van der Waals surface area (Å²) in [6, 6.07) is 3.80. The smallest absolute Gasteiger partial charge is 0.222 e. The van der Waals surface area contributed by atoms with Crippen LogP contribution in [0.1, 0.15) is 19.3 Å². The first kappa shape index (κ1) is 21.3. The molecule has 3 heterocycles. The van der Waals surface area contributed by atoms with Gasteiger partial charge in [-0.15, -0.1) is 24.8 Å². The molecule has 2 aliphatic rings. The predicted molar refractivity (Wildman–Crippen MR) is 103 cm³/mol. The van der Waals surface area contributed by atoms with Crippen LogP contribution in [0.3, 0.4) is 0 Å². The Morgan fingerprint density at radius 2 is 2.00 bits per heavy atom. The molecule has 0 aliphatic carbocycles. The Morgan fingerprint density at radius 3 is 2.58 bits per heavy atom. The lowest BCUT2D eigenvalue weighted by Gasteiger charge is -2.35. The second kappa shape index (κ2) is 10.3. The van der Waals surface area contributed by atoms with Crippen LogP contribution in [0.15, 0.2) is 18.3 Å². The molecular formula is C16H25Cl3N4O. The zero-order chi connectivity index (χ0) is 15.4. The Labute approximate surface area is 160 Å². The van der Waals surface area contributed by atoms with Gasteiger partial charge in [0, 0.05) is 38.8 Å². The highest BCUT2D eigenvalue weighted by Crippen LogP contribution is 2.18. The van der Waals surface area contributed by atoms with Crippen molar-refractivity contribution in [2.24, 2.45) is 5.92 Å². The molecule has 1 unspecified atom stereocenters. The van der Waals surface area contributed by atoms with Crippen LogP contribution in [0.4, 0.5) is 5.82 Å². The number of amides is 1.